The third kappa shape index (κ3) is 4.03. The number of ether oxygens (including phenoxy) is 1. The predicted octanol–water partition coefficient (Wildman–Crippen LogP) is 3.61. The van der Waals surface area contributed by atoms with Crippen LogP contribution in [-0.4, -0.2) is 22.0 Å². The summed E-state index contributed by atoms with van der Waals surface area (Å²) in [6, 6.07) is 15.4. The summed E-state index contributed by atoms with van der Waals surface area (Å²) in [4.78, 5) is 15.1. The molecule has 3 rings (SSSR count). The fourth-order valence-electron chi connectivity index (χ4n) is 2.19. The van der Waals surface area contributed by atoms with Gasteiger partial charge in [0.15, 0.2) is 0 Å². The fourth-order valence-corrected chi connectivity index (χ4v) is 2.19. The van der Waals surface area contributed by atoms with E-state index in [0.29, 0.717) is 18.4 Å². The van der Waals surface area contributed by atoms with Crippen LogP contribution in [0.2, 0.25) is 0 Å². The maximum absolute atomic E-state index is 5.81. The zero-order valence-electron chi connectivity index (χ0n) is 13.2. The van der Waals surface area contributed by atoms with Gasteiger partial charge in [0.2, 0.25) is 11.8 Å². The monoisotopic (exact) mass is 306 g/mol. The maximum Gasteiger partial charge on any atom is 0.228 e. The SMILES string of the molecule is Cc1cc(Oc2ccccc2)nc(N(C)Cc2cccnc2)n1. The lowest BCUT2D eigenvalue weighted by atomic mass is 10.3. The molecule has 0 radical (unpaired) electrons. The molecule has 0 fully saturated rings. The van der Waals surface area contributed by atoms with Crippen molar-refractivity contribution in [3.05, 3.63) is 72.2 Å². The van der Waals surface area contributed by atoms with Gasteiger partial charge in [-0.15, -0.1) is 0 Å². The number of hydrogen-bond donors (Lipinski definition) is 0. The standard InChI is InChI=1S/C18H18N4O/c1-14-11-17(23-16-8-4-3-5-9-16)21-18(20-14)22(2)13-15-7-6-10-19-12-15/h3-12H,13H2,1-2H3. The van der Waals surface area contributed by atoms with Crippen LogP contribution in [0.4, 0.5) is 5.95 Å². The fraction of sp³-hybridized carbons (Fsp3) is 0.167. The minimum absolute atomic E-state index is 0.539. The van der Waals surface area contributed by atoms with Crippen molar-refractivity contribution < 1.29 is 4.74 Å². The largest absolute Gasteiger partial charge is 0.439 e. The third-order valence-corrected chi connectivity index (χ3v) is 3.27. The number of anilines is 1. The molecule has 0 bridgehead atoms. The number of rotatable bonds is 5. The average molecular weight is 306 g/mol. The van der Waals surface area contributed by atoms with Crippen LogP contribution in [0.1, 0.15) is 11.3 Å². The lowest BCUT2D eigenvalue weighted by Crippen LogP contribution is -2.19. The molecule has 1 aromatic carbocycles. The van der Waals surface area contributed by atoms with Gasteiger partial charge in [-0.05, 0) is 30.7 Å². The zero-order valence-corrected chi connectivity index (χ0v) is 13.2. The molecule has 2 heterocycles. The van der Waals surface area contributed by atoms with Gasteiger partial charge in [0.05, 0.1) is 0 Å². The number of pyridine rings is 1. The first kappa shape index (κ1) is 15.0. The Bertz CT molecular complexity index is 762. The van der Waals surface area contributed by atoms with Gasteiger partial charge in [-0.1, -0.05) is 24.3 Å². The first-order valence-corrected chi connectivity index (χ1v) is 7.39. The quantitative estimate of drug-likeness (QED) is 0.720. The van der Waals surface area contributed by atoms with Gasteiger partial charge in [-0.25, -0.2) is 4.98 Å². The number of aryl methyl sites for hydroxylation is 1. The van der Waals surface area contributed by atoms with E-state index in [1.807, 2.05) is 73.6 Å². The topological polar surface area (TPSA) is 51.1 Å². The molecule has 116 valence electrons. The number of benzene rings is 1. The second-order valence-electron chi connectivity index (χ2n) is 5.28. The van der Waals surface area contributed by atoms with E-state index in [1.54, 1.807) is 6.20 Å². The molecule has 3 aromatic rings. The van der Waals surface area contributed by atoms with Gasteiger partial charge in [-0.3, -0.25) is 4.98 Å². The van der Waals surface area contributed by atoms with E-state index in [-0.39, 0.29) is 0 Å². The van der Waals surface area contributed by atoms with Crippen molar-refractivity contribution in [3.8, 4) is 11.6 Å². The van der Waals surface area contributed by atoms with Crippen LogP contribution in [0.5, 0.6) is 11.6 Å². The summed E-state index contributed by atoms with van der Waals surface area (Å²) in [5.41, 5.74) is 1.96. The third-order valence-electron chi connectivity index (χ3n) is 3.27. The van der Waals surface area contributed by atoms with Gasteiger partial charge < -0.3 is 9.64 Å². The summed E-state index contributed by atoms with van der Waals surface area (Å²) in [6.45, 7) is 2.61. The molecular formula is C18H18N4O. The first-order chi connectivity index (χ1) is 11.2. The smallest absolute Gasteiger partial charge is 0.228 e. The Balaban J connectivity index is 1.79. The average Bonchev–Trinajstić information content (AvgIpc) is 2.56. The molecule has 23 heavy (non-hydrogen) atoms. The van der Waals surface area contributed by atoms with Crippen molar-refractivity contribution in [2.45, 2.75) is 13.5 Å². The summed E-state index contributed by atoms with van der Waals surface area (Å²) in [7, 11) is 1.95. The molecular weight excluding hydrogens is 288 g/mol. The highest BCUT2D eigenvalue weighted by atomic mass is 16.5. The summed E-state index contributed by atoms with van der Waals surface area (Å²) in [5, 5.41) is 0. The van der Waals surface area contributed by atoms with Crippen molar-refractivity contribution in [3.63, 3.8) is 0 Å². The number of aromatic nitrogens is 3. The Labute approximate surface area is 135 Å². The zero-order chi connectivity index (χ0) is 16.1. The van der Waals surface area contributed by atoms with E-state index in [4.69, 9.17) is 4.74 Å². The molecule has 2 aromatic heterocycles. The molecule has 0 aliphatic rings. The highest BCUT2D eigenvalue weighted by molar-refractivity contribution is 5.36. The van der Waals surface area contributed by atoms with Crippen LogP contribution in [0.25, 0.3) is 0 Å². The lowest BCUT2D eigenvalue weighted by molar-refractivity contribution is 0.460. The molecule has 5 nitrogen and oxygen atoms in total. The first-order valence-electron chi connectivity index (χ1n) is 7.39. The Morgan fingerprint density at radius 2 is 1.87 bits per heavy atom. The molecule has 5 heteroatoms. The molecule has 0 saturated heterocycles. The number of nitrogens with zero attached hydrogens (tertiary/aromatic N) is 4. The second kappa shape index (κ2) is 6.87. The van der Waals surface area contributed by atoms with Crippen LogP contribution < -0.4 is 9.64 Å². The van der Waals surface area contributed by atoms with Crippen molar-refractivity contribution in [2.24, 2.45) is 0 Å². The normalized spacial score (nSPS) is 10.3. The van der Waals surface area contributed by atoms with E-state index in [2.05, 4.69) is 15.0 Å². The summed E-state index contributed by atoms with van der Waals surface area (Å²) >= 11 is 0. The van der Waals surface area contributed by atoms with Crippen molar-refractivity contribution in [2.75, 3.05) is 11.9 Å². The van der Waals surface area contributed by atoms with E-state index < -0.39 is 0 Å². The summed E-state index contributed by atoms with van der Waals surface area (Å²) < 4.78 is 5.81. The molecule has 0 aliphatic carbocycles. The van der Waals surface area contributed by atoms with E-state index in [9.17, 15) is 0 Å². The summed E-state index contributed by atoms with van der Waals surface area (Å²) in [5.74, 6) is 1.92. The van der Waals surface area contributed by atoms with Crippen LogP contribution in [0, 0.1) is 6.92 Å². The van der Waals surface area contributed by atoms with Crippen molar-refractivity contribution in [1.82, 2.24) is 15.0 Å². The van der Waals surface area contributed by atoms with Gasteiger partial charge in [0, 0.05) is 37.7 Å². The Morgan fingerprint density at radius 1 is 1.04 bits per heavy atom. The Morgan fingerprint density at radius 3 is 2.61 bits per heavy atom. The van der Waals surface area contributed by atoms with Crippen LogP contribution in [0.3, 0.4) is 0 Å². The van der Waals surface area contributed by atoms with Crippen LogP contribution >= 0.6 is 0 Å². The Kier molecular flexibility index (Phi) is 4.47. The molecule has 0 atom stereocenters. The highest BCUT2D eigenvalue weighted by Crippen LogP contribution is 2.22. The predicted molar refractivity (Wildman–Crippen MR) is 89.6 cm³/mol. The number of hydrogen-bond acceptors (Lipinski definition) is 5. The molecule has 0 saturated carbocycles. The minimum atomic E-state index is 0.539. The van der Waals surface area contributed by atoms with Gasteiger partial charge in [0.25, 0.3) is 0 Å². The molecule has 0 amide bonds. The molecule has 0 unspecified atom stereocenters. The van der Waals surface area contributed by atoms with E-state index in [0.717, 1.165) is 17.0 Å². The Hall–Kier alpha value is -2.95. The summed E-state index contributed by atoms with van der Waals surface area (Å²) in [6.07, 6.45) is 3.60. The maximum atomic E-state index is 5.81. The van der Waals surface area contributed by atoms with Gasteiger partial charge in [-0.2, -0.15) is 4.98 Å². The van der Waals surface area contributed by atoms with Crippen LogP contribution in [-0.2, 0) is 6.54 Å². The lowest BCUT2D eigenvalue weighted by Gasteiger charge is -2.18. The van der Waals surface area contributed by atoms with Crippen molar-refractivity contribution >= 4 is 5.95 Å². The van der Waals surface area contributed by atoms with Gasteiger partial charge >= 0.3 is 0 Å². The molecule has 0 N–H and O–H groups in total. The highest BCUT2D eigenvalue weighted by Gasteiger charge is 2.09. The van der Waals surface area contributed by atoms with Gasteiger partial charge in [0.1, 0.15) is 5.75 Å². The molecule has 0 spiro atoms. The second-order valence-corrected chi connectivity index (χ2v) is 5.28. The van der Waals surface area contributed by atoms with E-state index >= 15 is 0 Å². The minimum Gasteiger partial charge on any atom is -0.439 e. The van der Waals surface area contributed by atoms with Crippen molar-refractivity contribution in [1.29, 1.82) is 0 Å². The van der Waals surface area contributed by atoms with E-state index in [1.165, 1.54) is 0 Å². The number of para-hydroxylation sites is 1. The molecule has 0 aliphatic heterocycles. The van der Waals surface area contributed by atoms with Crippen LogP contribution in [0.15, 0.2) is 60.9 Å².